The summed E-state index contributed by atoms with van der Waals surface area (Å²) in [7, 11) is -8.08. The van der Waals surface area contributed by atoms with Crippen LogP contribution in [0.4, 0.5) is 11.4 Å². The Labute approximate surface area is 320 Å². The van der Waals surface area contributed by atoms with Crippen LogP contribution in [0, 0.1) is 20.2 Å². The van der Waals surface area contributed by atoms with Gasteiger partial charge in [0.25, 0.3) is 11.4 Å². The van der Waals surface area contributed by atoms with E-state index in [1.54, 1.807) is 24.3 Å². The predicted octanol–water partition coefficient (Wildman–Crippen LogP) is 6.39. The number of aromatic nitrogens is 2. The number of H-pyrrole nitrogens is 2. The van der Waals surface area contributed by atoms with Crippen LogP contribution in [0.2, 0.25) is 0 Å². The van der Waals surface area contributed by atoms with Gasteiger partial charge in [0.2, 0.25) is 20.0 Å². The molecule has 7 aromatic rings. The molecule has 0 bridgehead atoms. The molecule has 0 atom stereocenters. The molecule has 0 radical (unpaired) electrons. The quantitative estimate of drug-likeness (QED) is 0.0571. The van der Waals surface area contributed by atoms with Gasteiger partial charge >= 0.3 is 0 Å². The minimum Gasteiger partial charge on any atom is -0.508 e. The van der Waals surface area contributed by atoms with E-state index in [2.05, 4.69) is 19.4 Å². The standard InChI is InChI=1S/C39H34N6O9S2/c46-36-12-6-3-9-33(36)37(38-31(29-7-1-4-10-34(29)42-38)21-23-40-55(51,52)27-17-13-25(14-18-27)44(47)48)39-32(30-8-2-5-11-35(30)43-39)22-24-41-56(53,54)28-19-15-26(16-20-28)45(49)50/h1-20,37,40-43,46H,21-24H2. The highest BCUT2D eigenvalue weighted by atomic mass is 32.2. The van der Waals surface area contributed by atoms with Gasteiger partial charge in [-0.05, 0) is 66.4 Å². The second kappa shape index (κ2) is 15.4. The Hall–Kier alpha value is -6.40. The van der Waals surface area contributed by atoms with E-state index in [-0.39, 0.29) is 52.8 Å². The molecule has 0 spiro atoms. The van der Waals surface area contributed by atoms with E-state index < -0.39 is 35.8 Å². The Kier molecular flexibility index (Phi) is 10.4. The van der Waals surface area contributed by atoms with Crippen molar-refractivity contribution in [2.75, 3.05) is 13.1 Å². The lowest BCUT2D eigenvalue weighted by molar-refractivity contribution is -0.385. The first-order valence-corrected chi connectivity index (χ1v) is 20.3. The van der Waals surface area contributed by atoms with E-state index in [0.717, 1.165) is 57.2 Å². The van der Waals surface area contributed by atoms with E-state index in [4.69, 9.17) is 0 Å². The van der Waals surface area contributed by atoms with Crippen molar-refractivity contribution in [2.24, 2.45) is 0 Å². The number of fused-ring (bicyclic) bond motifs is 2. The molecule has 0 amide bonds. The van der Waals surface area contributed by atoms with E-state index in [9.17, 15) is 42.2 Å². The first kappa shape index (κ1) is 37.9. The number of phenols is 1. The largest absolute Gasteiger partial charge is 0.508 e. The van der Waals surface area contributed by atoms with Crippen molar-refractivity contribution in [1.82, 2.24) is 19.4 Å². The summed E-state index contributed by atoms with van der Waals surface area (Å²) in [6.45, 7) is -0.0721. The first-order valence-electron chi connectivity index (χ1n) is 17.3. The van der Waals surface area contributed by atoms with Gasteiger partial charge in [-0.15, -0.1) is 0 Å². The molecule has 0 saturated carbocycles. The molecule has 0 aliphatic carbocycles. The van der Waals surface area contributed by atoms with Gasteiger partial charge in [0.1, 0.15) is 5.75 Å². The Balaban J connectivity index is 1.27. The van der Waals surface area contributed by atoms with Crippen LogP contribution in [0.3, 0.4) is 0 Å². The third-order valence-corrected chi connectivity index (χ3v) is 12.5. The third kappa shape index (κ3) is 7.60. The number of nitro groups is 2. The molecule has 0 fully saturated rings. The molecule has 17 heteroatoms. The SMILES string of the molecule is O=[N+]([O-])c1ccc(S(=O)(=O)NCCc2c(C(c3ccccc3O)c3[nH]c4ccccc4c3CCNS(=O)(=O)c3ccc([N+](=O)[O-])cc3)[nH]c3ccccc23)cc1. The summed E-state index contributed by atoms with van der Waals surface area (Å²) in [5.41, 5.74) is 4.47. The van der Waals surface area contributed by atoms with Crippen molar-refractivity contribution in [3.05, 3.63) is 170 Å². The van der Waals surface area contributed by atoms with Gasteiger partial charge in [0.15, 0.2) is 0 Å². The number of phenolic OH excluding ortho intramolecular Hbond substituents is 1. The Morgan fingerprint density at radius 2 is 0.964 bits per heavy atom. The average molecular weight is 795 g/mol. The maximum atomic E-state index is 13.3. The second-order valence-electron chi connectivity index (χ2n) is 12.9. The second-order valence-corrected chi connectivity index (χ2v) is 16.4. The van der Waals surface area contributed by atoms with Crippen LogP contribution in [0.15, 0.2) is 131 Å². The van der Waals surface area contributed by atoms with Crippen LogP contribution >= 0.6 is 0 Å². The molecule has 2 heterocycles. The zero-order valence-corrected chi connectivity index (χ0v) is 31.0. The van der Waals surface area contributed by atoms with E-state index >= 15 is 0 Å². The van der Waals surface area contributed by atoms with Crippen molar-refractivity contribution >= 4 is 53.2 Å². The average Bonchev–Trinajstić information content (AvgIpc) is 3.73. The number of nitrogens with zero attached hydrogens (tertiary/aromatic N) is 2. The monoisotopic (exact) mass is 794 g/mol. The molecule has 5 aromatic carbocycles. The molecular weight excluding hydrogens is 761 g/mol. The normalized spacial score (nSPS) is 12.1. The lowest BCUT2D eigenvalue weighted by atomic mass is 9.86. The first-order chi connectivity index (χ1) is 26.8. The molecule has 7 rings (SSSR count). The summed E-state index contributed by atoms with van der Waals surface area (Å²) in [5.74, 6) is -0.678. The fourth-order valence-corrected chi connectivity index (χ4v) is 9.01. The summed E-state index contributed by atoms with van der Waals surface area (Å²) >= 11 is 0. The third-order valence-electron chi connectivity index (χ3n) is 9.57. The van der Waals surface area contributed by atoms with E-state index in [1.165, 1.54) is 24.3 Å². The van der Waals surface area contributed by atoms with E-state index in [1.807, 2.05) is 48.5 Å². The van der Waals surface area contributed by atoms with E-state index in [0.29, 0.717) is 17.0 Å². The highest BCUT2D eigenvalue weighted by Crippen LogP contribution is 2.43. The van der Waals surface area contributed by atoms with Gasteiger partial charge in [0, 0.05) is 76.1 Å². The van der Waals surface area contributed by atoms with Crippen LogP contribution < -0.4 is 9.44 Å². The number of nitrogens with one attached hydrogen (secondary N) is 4. The van der Waals surface area contributed by atoms with Crippen LogP contribution in [0.5, 0.6) is 5.75 Å². The molecule has 0 aliphatic heterocycles. The zero-order valence-electron chi connectivity index (χ0n) is 29.4. The maximum Gasteiger partial charge on any atom is 0.269 e. The predicted molar refractivity (Wildman–Crippen MR) is 210 cm³/mol. The number of para-hydroxylation sites is 3. The van der Waals surface area contributed by atoms with Crippen LogP contribution in [0.25, 0.3) is 21.8 Å². The number of hydrogen-bond donors (Lipinski definition) is 5. The smallest absolute Gasteiger partial charge is 0.269 e. The fourth-order valence-electron chi connectivity index (χ4n) is 6.94. The minimum atomic E-state index is -4.04. The molecule has 0 aliphatic rings. The number of nitro benzene ring substituents is 2. The van der Waals surface area contributed by atoms with Crippen molar-refractivity contribution < 1.29 is 31.8 Å². The minimum absolute atomic E-state index is 0.00413. The number of benzene rings is 5. The Morgan fingerprint density at radius 1 is 0.571 bits per heavy atom. The zero-order chi connectivity index (χ0) is 39.6. The molecule has 286 valence electrons. The molecule has 15 nitrogen and oxygen atoms in total. The number of aromatic amines is 2. The Morgan fingerprint density at radius 3 is 1.38 bits per heavy atom. The summed E-state index contributed by atoms with van der Waals surface area (Å²) in [6, 6.07) is 31.1. The van der Waals surface area contributed by atoms with Gasteiger partial charge < -0.3 is 15.1 Å². The van der Waals surface area contributed by atoms with Gasteiger partial charge in [-0.2, -0.15) is 0 Å². The number of rotatable bonds is 15. The number of sulfonamides is 2. The Bertz CT molecular complexity index is 2650. The number of non-ortho nitro benzene ring substituents is 2. The van der Waals surface area contributed by atoms with Gasteiger partial charge in [0.05, 0.1) is 25.6 Å². The summed E-state index contributed by atoms with van der Waals surface area (Å²) in [4.78, 5) is 27.8. The summed E-state index contributed by atoms with van der Waals surface area (Å²) in [6.07, 6.45) is 0.417. The van der Waals surface area contributed by atoms with Crippen LogP contribution in [-0.4, -0.2) is 54.8 Å². The van der Waals surface area contributed by atoms with Crippen molar-refractivity contribution in [3.63, 3.8) is 0 Å². The highest BCUT2D eigenvalue weighted by Gasteiger charge is 2.30. The van der Waals surface area contributed by atoms with Crippen molar-refractivity contribution in [2.45, 2.75) is 28.6 Å². The summed E-state index contributed by atoms with van der Waals surface area (Å²) in [5, 5.41) is 35.2. The van der Waals surface area contributed by atoms with Crippen LogP contribution in [-0.2, 0) is 32.9 Å². The van der Waals surface area contributed by atoms with Gasteiger partial charge in [-0.1, -0.05) is 54.6 Å². The lowest BCUT2D eigenvalue weighted by Crippen LogP contribution is -2.26. The molecule has 56 heavy (non-hydrogen) atoms. The fraction of sp³-hybridized carbons (Fsp3) is 0.128. The summed E-state index contributed by atoms with van der Waals surface area (Å²) < 4.78 is 58.3. The molecular formula is C39H34N6O9S2. The van der Waals surface area contributed by atoms with Crippen molar-refractivity contribution in [3.8, 4) is 5.75 Å². The van der Waals surface area contributed by atoms with Gasteiger partial charge in [-0.25, -0.2) is 26.3 Å². The molecule has 5 N–H and O–H groups in total. The molecule has 2 aromatic heterocycles. The van der Waals surface area contributed by atoms with Crippen molar-refractivity contribution in [1.29, 1.82) is 0 Å². The lowest BCUT2D eigenvalue weighted by Gasteiger charge is -2.21. The molecule has 0 saturated heterocycles. The topological polar surface area (TPSA) is 230 Å². The highest BCUT2D eigenvalue weighted by molar-refractivity contribution is 7.89. The van der Waals surface area contributed by atoms with Gasteiger partial charge in [-0.3, -0.25) is 20.2 Å². The molecule has 0 unspecified atom stereocenters. The number of aromatic hydroxyl groups is 1. The number of hydrogen-bond acceptors (Lipinski definition) is 9. The van der Waals surface area contributed by atoms with Crippen LogP contribution in [0.1, 0.15) is 34.0 Å². The maximum absolute atomic E-state index is 13.3.